The maximum Gasteiger partial charge on any atom is 0.0667 e. The summed E-state index contributed by atoms with van der Waals surface area (Å²) >= 11 is 0. The Balaban J connectivity index is 2.40. The van der Waals surface area contributed by atoms with Crippen LogP contribution in [0.15, 0.2) is 24.3 Å². The van der Waals surface area contributed by atoms with Gasteiger partial charge >= 0.3 is 0 Å². The molecule has 1 aromatic rings. The average molecular weight is 164 g/mol. The Labute approximate surface area is 71.4 Å². The van der Waals surface area contributed by atoms with E-state index in [0.717, 1.165) is 17.7 Å². The highest BCUT2D eigenvalue weighted by atomic mass is 16.5. The highest BCUT2D eigenvalue weighted by Crippen LogP contribution is 2.24. The zero-order chi connectivity index (χ0) is 8.55. The number of nitrogens with two attached hydrogens (primary N) is 1. The smallest absolute Gasteiger partial charge is 0.0667 e. The van der Waals surface area contributed by atoms with E-state index < -0.39 is 0 Å². The highest BCUT2D eigenvalue weighted by molar-refractivity contribution is 5.53. The topological polar surface area (TPSA) is 49.5 Å². The number of nitrogens with zero attached hydrogens (tertiary/aromatic N) is 1. The lowest BCUT2D eigenvalue weighted by Gasteiger charge is -2.29. The summed E-state index contributed by atoms with van der Waals surface area (Å²) in [5.74, 6) is 0. The molecule has 0 aromatic heterocycles. The Hall–Kier alpha value is -1.06. The molecule has 1 atom stereocenters. The van der Waals surface area contributed by atoms with Gasteiger partial charge in [-0.15, -0.1) is 0 Å². The van der Waals surface area contributed by atoms with Crippen molar-refractivity contribution < 1.29 is 5.21 Å². The first-order chi connectivity index (χ1) is 5.77. The molecule has 1 aromatic carbocycles. The van der Waals surface area contributed by atoms with Crippen LogP contribution in [0.2, 0.25) is 0 Å². The average Bonchev–Trinajstić information content (AvgIpc) is 2.04. The monoisotopic (exact) mass is 164 g/mol. The summed E-state index contributed by atoms with van der Waals surface area (Å²) in [5, 5.41) is 10.7. The molecule has 0 saturated carbocycles. The van der Waals surface area contributed by atoms with Crippen molar-refractivity contribution in [3.63, 3.8) is 0 Å². The van der Waals surface area contributed by atoms with E-state index in [1.807, 2.05) is 24.3 Å². The molecule has 3 N–H and O–H groups in total. The number of benzene rings is 1. The van der Waals surface area contributed by atoms with Crippen molar-refractivity contribution in [3.05, 3.63) is 29.8 Å². The SMILES string of the molecule is N[C@H]1Cc2ccccc2N(O)C1. The van der Waals surface area contributed by atoms with Gasteiger partial charge in [-0.1, -0.05) is 18.2 Å². The van der Waals surface area contributed by atoms with Crippen LogP contribution in [0, 0.1) is 0 Å². The Morgan fingerprint density at radius 2 is 2.17 bits per heavy atom. The van der Waals surface area contributed by atoms with Gasteiger partial charge in [0.05, 0.1) is 12.2 Å². The molecule has 0 radical (unpaired) electrons. The van der Waals surface area contributed by atoms with Gasteiger partial charge in [-0.3, -0.25) is 10.3 Å². The fraction of sp³-hybridized carbons (Fsp3) is 0.333. The Morgan fingerprint density at radius 3 is 3.00 bits per heavy atom. The van der Waals surface area contributed by atoms with Crippen molar-refractivity contribution in [1.29, 1.82) is 0 Å². The zero-order valence-electron chi connectivity index (χ0n) is 6.77. The van der Waals surface area contributed by atoms with Crippen LogP contribution in [0.4, 0.5) is 5.69 Å². The van der Waals surface area contributed by atoms with Crippen LogP contribution in [0.3, 0.4) is 0 Å². The van der Waals surface area contributed by atoms with Crippen molar-refractivity contribution in [3.8, 4) is 0 Å². The minimum absolute atomic E-state index is 0.0462. The molecule has 1 aliphatic heterocycles. The summed E-state index contributed by atoms with van der Waals surface area (Å²) in [7, 11) is 0. The third-order valence-electron chi connectivity index (χ3n) is 2.16. The predicted molar refractivity (Wildman–Crippen MR) is 47.3 cm³/mol. The first-order valence-corrected chi connectivity index (χ1v) is 4.07. The van der Waals surface area contributed by atoms with Crippen LogP contribution in [0.25, 0.3) is 0 Å². The summed E-state index contributed by atoms with van der Waals surface area (Å²) in [5.41, 5.74) is 7.75. The number of hydrogen-bond donors (Lipinski definition) is 2. The molecule has 1 heterocycles. The summed E-state index contributed by atoms with van der Waals surface area (Å²) in [6.07, 6.45) is 0.854. The number of fused-ring (bicyclic) bond motifs is 1. The quantitative estimate of drug-likeness (QED) is 0.595. The minimum Gasteiger partial charge on any atom is -0.326 e. The van der Waals surface area contributed by atoms with E-state index in [2.05, 4.69) is 0 Å². The number of anilines is 1. The molecular formula is C9H12N2O. The second-order valence-corrected chi connectivity index (χ2v) is 3.18. The van der Waals surface area contributed by atoms with Gasteiger partial charge in [-0.05, 0) is 18.1 Å². The van der Waals surface area contributed by atoms with Crippen molar-refractivity contribution in [1.82, 2.24) is 0 Å². The van der Waals surface area contributed by atoms with Gasteiger partial charge in [0, 0.05) is 6.04 Å². The third kappa shape index (κ3) is 1.17. The van der Waals surface area contributed by atoms with Crippen molar-refractivity contribution in [2.45, 2.75) is 12.5 Å². The van der Waals surface area contributed by atoms with Gasteiger partial charge < -0.3 is 5.73 Å². The first kappa shape index (κ1) is 7.58. The third-order valence-corrected chi connectivity index (χ3v) is 2.16. The molecular weight excluding hydrogens is 152 g/mol. The minimum atomic E-state index is 0.0462. The molecule has 0 aliphatic carbocycles. The lowest BCUT2D eigenvalue weighted by Crippen LogP contribution is -2.41. The van der Waals surface area contributed by atoms with Crippen LogP contribution in [0.5, 0.6) is 0 Å². The zero-order valence-corrected chi connectivity index (χ0v) is 6.77. The van der Waals surface area contributed by atoms with E-state index in [1.165, 1.54) is 5.06 Å². The summed E-state index contributed by atoms with van der Waals surface area (Å²) < 4.78 is 0. The normalized spacial score (nSPS) is 22.2. The van der Waals surface area contributed by atoms with Crippen molar-refractivity contribution in [2.75, 3.05) is 11.6 Å². The first-order valence-electron chi connectivity index (χ1n) is 4.07. The molecule has 3 heteroatoms. The lowest BCUT2D eigenvalue weighted by molar-refractivity contribution is 0.238. The predicted octanol–water partition coefficient (Wildman–Crippen LogP) is 0.766. The van der Waals surface area contributed by atoms with Gasteiger partial charge in [-0.2, -0.15) is 0 Å². The Kier molecular flexibility index (Phi) is 1.75. The molecule has 12 heavy (non-hydrogen) atoms. The van der Waals surface area contributed by atoms with E-state index in [-0.39, 0.29) is 6.04 Å². The maximum absolute atomic E-state index is 9.49. The van der Waals surface area contributed by atoms with Gasteiger partial charge in [0.15, 0.2) is 0 Å². The molecule has 0 fully saturated rings. The highest BCUT2D eigenvalue weighted by Gasteiger charge is 2.19. The molecule has 0 spiro atoms. The lowest BCUT2D eigenvalue weighted by atomic mass is 10.0. The van der Waals surface area contributed by atoms with Gasteiger partial charge in [0.25, 0.3) is 0 Å². The van der Waals surface area contributed by atoms with Crippen LogP contribution in [0.1, 0.15) is 5.56 Å². The van der Waals surface area contributed by atoms with Crippen molar-refractivity contribution >= 4 is 5.69 Å². The molecule has 0 unspecified atom stereocenters. The van der Waals surface area contributed by atoms with Gasteiger partial charge in [0.1, 0.15) is 0 Å². The summed E-state index contributed by atoms with van der Waals surface area (Å²) in [4.78, 5) is 0. The van der Waals surface area contributed by atoms with Crippen LogP contribution >= 0.6 is 0 Å². The fourth-order valence-corrected chi connectivity index (χ4v) is 1.60. The van der Waals surface area contributed by atoms with E-state index in [1.54, 1.807) is 0 Å². The molecule has 1 aliphatic rings. The fourth-order valence-electron chi connectivity index (χ4n) is 1.60. The number of hydroxylamine groups is 1. The molecule has 2 rings (SSSR count). The van der Waals surface area contributed by atoms with E-state index in [4.69, 9.17) is 5.73 Å². The summed E-state index contributed by atoms with van der Waals surface area (Å²) in [6.45, 7) is 0.525. The Morgan fingerprint density at radius 1 is 1.42 bits per heavy atom. The number of hydrogen-bond acceptors (Lipinski definition) is 3. The molecule has 64 valence electrons. The largest absolute Gasteiger partial charge is 0.326 e. The van der Waals surface area contributed by atoms with E-state index in [0.29, 0.717) is 6.54 Å². The van der Waals surface area contributed by atoms with Crippen LogP contribution in [-0.2, 0) is 6.42 Å². The molecule has 3 nitrogen and oxygen atoms in total. The van der Waals surface area contributed by atoms with E-state index in [9.17, 15) is 5.21 Å². The summed E-state index contributed by atoms with van der Waals surface area (Å²) in [6, 6.07) is 7.83. The van der Waals surface area contributed by atoms with Gasteiger partial charge in [0.2, 0.25) is 0 Å². The van der Waals surface area contributed by atoms with Crippen LogP contribution in [-0.4, -0.2) is 17.8 Å². The Bertz CT molecular complexity index is 288. The van der Waals surface area contributed by atoms with Crippen molar-refractivity contribution in [2.24, 2.45) is 5.73 Å². The molecule has 0 amide bonds. The second kappa shape index (κ2) is 2.77. The van der Waals surface area contributed by atoms with Crippen LogP contribution < -0.4 is 10.8 Å². The molecule has 0 saturated heterocycles. The number of para-hydroxylation sites is 1. The van der Waals surface area contributed by atoms with E-state index >= 15 is 0 Å². The number of rotatable bonds is 0. The molecule has 0 bridgehead atoms. The maximum atomic E-state index is 9.49. The standard InChI is InChI=1S/C9H12N2O/c10-8-5-7-3-1-2-4-9(7)11(12)6-8/h1-4,8,12H,5-6,10H2/t8-/m0/s1. The van der Waals surface area contributed by atoms with Gasteiger partial charge in [-0.25, -0.2) is 0 Å². The second-order valence-electron chi connectivity index (χ2n) is 3.18.